The van der Waals surface area contributed by atoms with Crippen LogP contribution in [-0.4, -0.2) is 27.5 Å². The standard InChI is InChI=1S/C16H23N3O/c1-14-5-9-19(8-3-7-18-10-6-17-13-18)15(12-14)16-4-2-11-20-16/h2,4,6,10-11,13-15H,3,5,7-9,12H2,1H3. The summed E-state index contributed by atoms with van der Waals surface area (Å²) in [7, 11) is 0. The average molecular weight is 273 g/mol. The fourth-order valence-electron chi connectivity index (χ4n) is 3.11. The summed E-state index contributed by atoms with van der Waals surface area (Å²) in [5, 5.41) is 0. The van der Waals surface area contributed by atoms with Crippen LogP contribution in [-0.2, 0) is 6.54 Å². The van der Waals surface area contributed by atoms with Crippen molar-refractivity contribution >= 4 is 0 Å². The van der Waals surface area contributed by atoms with Crippen molar-refractivity contribution in [3.63, 3.8) is 0 Å². The number of nitrogens with zero attached hydrogens (tertiary/aromatic N) is 3. The third-order valence-corrected chi connectivity index (χ3v) is 4.27. The summed E-state index contributed by atoms with van der Waals surface area (Å²) in [6, 6.07) is 4.57. The van der Waals surface area contributed by atoms with Crippen LogP contribution in [0.5, 0.6) is 0 Å². The smallest absolute Gasteiger partial charge is 0.120 e. The molecule has 2 atom stereocenters. The summed E-state index contributed by atoms with van der Waals surface area (Å²) in [4.78, 5) is 6.67. The van der Waals surface area contributed by atoms with E-state index < -0.39 is 0 Å². The van der Waals surface area contributed by atoms with Crippen molar-refractivity contribution in [2.24, 2.45) is 5.92 Å². The van der Waals surface area contributed by atoms with Crippen LogP contribution in [0.25, 0.3) is 0 Å². The van der Waals surface area contributed by atoms with Gasteiger partial charge in [0.2, 0.25) is 0 Å². The average Bonchev–Trinajstić information content (AvgIpc) is 3.12. The third kappa shape index (κ3) is 3.12. The fraction of sp³-hybridized carbons (Fsp3) is 0.562. The fourth-order valence-corrected chi connectivity index (χ4v) is 3.11. The quantitative estimate of drug-likeness (QED) is 0.838. The van der Waals surface area contributed by atoms with Crippen molar-refractivity contribution in [2.75, 3.05) is 13.1 Å². The number of piperidine rings is 1. The molecule has 4 nitrogen and oxygen atoms in total. The zero-order chi connectivity index (χ0) is 13.8. The van der Waals surface area contributed by atoms with Crippen LogP contribution in [0.3, 0.4) is 0 Å². The molecule has 108 valence electrons. The van der Waals surface area contributed by atoms with Gasteiger partial charge in [0, 0.05) is 25.5 Å². The number of aryl methyl sites for hydroxylation is 1. The minimum atomic E-state index is 0.455. The molecule has 1 aliphatic heterocycles. The minimum Gasteiger partial charge on any atom is -0.468 e. The molecule has 2 unspecified atom stereocenters. The topological polar surface area (TPSA) is 34.2 Å². The molecule has 0 radical (unpaired) electrons. The Hall–Kier alpha value is -1.55. The summed E-state index contributed by atoms with van der Waals surface area (Å²) in [5.74, 6) is 1.91. The van der Waals surface area contributed by atoms with Gasteiger partial charge in [0.25, 0.3) is 0 Å². The molecule has 0 bridgehead atoms. The Morgan fingerprint density at radius 1 is 1.40 bits per heavy atom. The van der Waals surface area contributed by atoms with Gasteiger partial charge in [0.15, 0.2) is 0 Å². The normalized spacial score (nSPS) is 24.1. The first-order valence-corrected chi connectivity index (χ1v) is 7.56. The second kappa shape index (κ2) is 6.27. The first kappa shape index (κ1) is 13.4. The first-order valence-electron chi connectivity index (χ1n) is 7.56. The van der Waals surface area contributed by atoms with Crippen LogP contribution in [0.1, 0.15) is 38.0 Å². The number of imidazole rings is 1. The van der Waals surface area contributed by atoms with Crippen LogP contribution in [0.15, 0.2) is 41.5 Å². The SMILES string of the molecule is CC1CCN(CCCn2ccnc2)C(c2ccco2)C1. The van der Waals surface area contributed by atoms with E-state index in [1.165, 1.54) is 19.4 Å². The number of hydrogen-bond donors (Lipinski definition) is 0. The number of hydrogen-bond acceptors (Lipinski definition) is 3. The third-order valence-electron chi connectivity index (χ3n) is 4.27. The van der Waals surface area contributed by atoms with Gasteiger partial charge in [-0.3, -0.25) is 4.90 Å². The zero-order valence-corrected chi connectivity index (χ0v) is 12.1. The van der Waals surface area contributed by atoms with Gasteiger partial charge in [-0.15, -0.1) is 0 Å². The highest BCUT2D eigenvalue weighted by Gasteiger charge is 2.28. The lowest BCUT2D eigenvalue weighted by atomic mass is 9.91. The van der Waals surface area contributed by atoms with Gasteiger partial charge in [-0.1, -0.05) is 6.92 Å². The highest BCUT2D eigenvalue weighted by atomic mass is 16.3. The summed E-state index contributed by atoms with van der Waals surface area (Å²) in [5.41, 5.74) is 0. The Morgan fingerprint density at radius 2 is 2.35 bits per heavy atom. The lowest BCUT2D eigenvalue weighted by Gasteiger charge is -2.37. The molecule has 0 spiro atoms. The molecule has 1 aliphatic rings. The predicted molar refractivity (Wildman–Crippen MR) is 78.3 cm³/mol. The Kier molecular flexibility index (Phi) is 4.21. The lowest BCUT2D eigenvalue weighted by Crippen LogP contribution is -2.37. The van der Waals surface area contributed by atoms with E-state index in [1.54, 1.807) is 6.26 Å². The summed E-state index contributed by atoms with van der Waals surface area (Å²) in [6.45, 7) is 5.68. The van der Waals surface area contributed by atoms with E-state index in [-0.39, 0.29) is 0 Å². The van der Waals surface area contributed by atoms with Crippen molar-refractivity contribution in [3.05, 3.63) is 42.9 Å². The molecule has 0 saturated carbocycles. The van der Waals surface area contributed by atoms with Gasteiger partial charge in [0.1, 0.15) is 5.76 Å². The van der Waals surface area contributed by atoms with E-state index >= 15 is 0 Å². The van der Waals surface area contributed by atoms with Crippen LogP contribution in [0, 0.1) is 5.92 Å². The van der Waals surface area contributed by atoms with Crippen molar-refractivity contribution in [3.8, 4) is 0 Å². The summed E-state index contributed by atoms with van der Waals surface area (Å²) < 4.78 is 7.79. The second-order valence-electron chi connectivity index (χ2n) is 5.85. The van der Waals surface area contributed by atoms with Crippen LogP contribution in [0.4, 0.5) is 0 Å². The van der Waals surface area contributed by atoms with E-state index in [1.807, 2.05) is 24.8 Å². The van der Waals surface area contributed by atoms with Crippen LogP contribution < -0.4 is 0 Å². The molecule has 0 aliphatic carbocycles. The Bertz CT molecular complexity index is 492. The van der Waals surface area contributed by atoms with E-state index in [0.717, 1.165) is 31.2 Å². The summed E-state index contributed by atoms with van der Waals surface area (Å²) in [6.07, 6.45) is 11.2. The van der Waals surface area contributed by atoms with Gasteiger partial charge in [-0.25, -0.2) is 4.98 Å². The Labute approximate surface area is 120 Å². The van der Waals surface area contributed by atoms with Crippen molar-refractivity contribution in [1.82, 2.24) is 14.5 Å². The van der Waals surface area contributed by atoms with Crippen LogP contribution in [0.2, 0.25) is 0 Å². The van der Waals surface area contributed by atoms with Gasteiger partial charge >= 0.3 is 0 Å². The van der Waals surface area contributed by atoms with Crippen molar-refractivity contribution in [2.45, 2.75) is 38.8 Å². The number of furan rings is 1. The zero-order valence-electron chi connectivity index (χ0n) is 12.1. The van der Waals surface area contributed by atoms with Gasteiger partial charge in [-0.2, -0.15) is 0 Å². The molecule has 0 N–H and O–H groups in total. The van der Waals surface area contributed by atoms with Crippen molar-refractivity contribution < 1.29 is 4.42 Å². The molecular formula is C16H23N3O. The largest absolute Gasteiger partial charge is 0.468 e. The molecule has 1 saturated heterocycles. The molecule has 2 aromatic rings. The maximum absolute atomic E-state index is 5.65. The monoisotopic (exact) mass is 273 g/mol. The van der Waals surface area contributed by atoms with Gasteiger partial charge < -0.3 is 8.98 Å². The number of aromatic nitrogens is 2. The molecule has 2 aromatic heterocycles. The molecule has 0 aromatic carbocycles. The molecule has 4 heteroatoms. The van der Waals surface area contributed by atoms with Crippen molar-refractivity contribution in [1.29, 1.82) is 0 Å². The molecule has 1 fully saturated rings. The van der Waals surface area contributed by atoms with E-state index in [4.69, 9.17) is 4.42 Å². The first-order chi connectivity index (χ1) is 9.83. The number of likely N-dealkylation sites (tertiary alicyclic amines) is 1. The van der Waals surface area contributed by atoms with Gasteiger partial charge in [-0.05, 0) is 43.9 Å². The minimum absolute atomic E-state index is 0.455. The highest BCUT2D eigenvalue weighted by molar-refractivity contribution is 5.06. The summed E-state index contributed by atoms with van der Waals surface area (Å²) >= 11 is 0. The molecule has 20 heavy (non-hydrogen) atoms. The van der Waals surface area contributed by atoms with E-state index in [2.05, 4.69) is 27.4 Å². The molecule has 3 rings (SSSR count). The molecule has 3 heterocycles. The molecule has 0 amide bonds. The lowest BCUT2D eigenvalue weighted by molar-refractivity contribution is 0.0991. The van der Waals surface area contributed by atoms with Gasteiger partial charge in [0.05, 0.1) is 18.6 Å². The van der Waals surface area contributed by atoms with E-state index in [0.29, 0.717) is 6.04 Å². The highest BCUT2D eigenvalue weighted by Crippen LogP contribution is 2.34. The maximum atomic E-state index is 5.65. The van der Waals surface area contributed by atoms with E-state index in [9.17, 15) is 0 Å². The maximum Gasteiger partial charge on any atom is 0.120 e. The van der Waals surface area contributed by atoms with Crippen LogP contribution >= 0.6 is 0 Å². The Morgan fingerprint density at radius 3 is 3.10 bits per heavy atom. The second-order valence-corrected chi connectivity index (χ2v) is 5.85. The number of rotatable bonds is 5. The predicted octanol–water partition coefficient (Wildman–Crippen LogP) is 3.34. The Balaban J connectivity index is 1.58. The molecular weight excluding hydrogens is 250 g/mol.